The Balaban J connectivity index is 1.66. The molecule has 3 rings (SSSR count). The molecule has 3 atom stereocenters. The van der Waals surface area contributed by atoms with Crippen LogP contribution in [0.25, 0.3) is 0 Å². The van der Waals surface area contributed by atoms with Crippen molar-refractivity contribution in [3.63, 3.8) is 0 Å². The Labute approximate surface area is 106 Å². The van der Waals surface area contributed by atoms with E-state index in [2.05, 4.69) is 22.2 Å². The number of likely N-dealkylation sites (tertiary alicyclic amines) is 1. The van der Waals surface area contributed by atoms with Gasteiger partial charge in [-0.1, -0.05) is 6.42 Å². The highest BCUT2D eigenvalue weighted by Crippen LogP contribution is 2.34. The summed E-state index contributed by atoms with van der Waals surface area (Å²) in [4.78, 5) is 5.61. The molecule has 3 aliphatic heterocycles. The van der Waals surface area contributed by atoms with Crippen LogP contribution in [0.5, 0.6) is 0 Å². The van der Waals surface area contributed by atoms with E-state index in [-0.39, 0.29) is 0 Å². The molecule has 3 aliphatic rings. The predicted octanol–water partition coefficient (Wildman–Crippen LogP) is 1.30. The number of hydrogen-bond donors (Lipinski definition) is 1. The van der Waals surface area contributed by atoms with Crippen molar-refractivity contribution >= 4 is 0 Å². The van der Waals surface area contributed by atoms with Crippen LogP contribution in [0.4, 0.5) is 0 Å². The van der Waals surface area contributed by atoms with E-state index in [0.29, 0.717) is 0 Å². The van der Waals surface area contributed by atoms with Gasteiger partial charge in [0.05, 0.1) is 0 Å². The second-order valence-electron chi connectivity index (χ2n) is 6.05. The van der Waals surface area contributed by atoms with Crippen LogP contribution in [0.1, 0.15) is 38.5 Å². The summed E-state index contributed by atoms with van der Waals surface area (Å²) in [5.41, 5.74) is 0. The lowest BCUT2D eigenvalue weighted by Gasteiger charge is -2.38. The standard InChI is InChI=1S/C14H27N3/c1-15-11-12-5-4-9-17(12)14-7-10-16-8-3-2-6-13(14)16/h12-15H,2-11H2,1H3. The fourth-order valence-electron chi connectivity index (χ4n) is 4.36. The van der Waals surface area contributed by atoms with Gasteiger partial charge in [-0.2, -0.15) is 0 Å². The van der Waals surface area contributed by atoms with E-state index in [0.717, 1.165) is 18.1 Å². The minimum Gasteiger partial charge on any atom is -0.318 e. The fraction of sp³-hybridized carbons (Fsp3) is 1.00. The highest BCUT2D eigenvalue weighted by atomic mass is 15.3. The van der Waals surface area contributed by atoms with Gasteiger partial charge >= 0.3 is 0 Å². The van der Waals surface area contributed by atoms with Crippen LogP contribution in [0, 0.1) is 0 Å². The Bertz CT molecular complexity index is 256. The van der Waals surface area contributed by atoms with Crippen molar-refractivity contribution in [1.82, 2.24) is 15.1 Å². The Morgan fingerprint density at radius 1 is 0.941 bits per heavy atom. The highest BCUT2D eigenvalue weighted by molar-refractivity contribution is 4.98. The van der Waals surface area contributed by atoms with E-state index < -0.39 is 0 Å². The van der Waals surface area contributed by atoms with Crippen molar-refractivity contribution in [2.45, 2.75) is 56.7 Å². The van der Waals surface area contributed by atoms with E-state index in [4.69, 9.17) is 0 Å². The maximum atomic E-state index is 3.38. The summed E-state index contributed by atoms with van der Waals surface area (Å²) in [5.74, 6) is 0. The average Bonchev–Trinajstić information content (AvgIpc) is 2.95. The summed E-state index contributed by atoms with van der Waals surface area (Å²) < 4.78 is 0. The molecular formula is C14H27N3. The first kappa shape index (κ1) is 11.9. The normalized spacial score (nSPS) is 39.7. The van der Waals surface area contributed by atoms with Crippen LogP contribution < -0.4 is 5.32 Å². The van der Waals surface area contributed by atoms with Gasteiger partial charge < -0.3 is 5.32 Å². The quantitative estimate of drug-likeness (QED) is 0.798. The predicted molar refractivity (Wildman–Crippen MR) is 71.3 cm³/mol. The zero-order valence-electron chi connectivity index (χ0n) is 11.2. The number of rotatable bonds is 3. The van der Waals surface area contributed by atoms with Gasteiger partial charge in [0.15, 0.2) is 0 Å². The molecule has 3 heteroatoms. The summed E-state index contributed by atoms with van der Waals surface area (Å²) >= 11 is 0. The van der Waals surface area contributed by atoms with Crippen LogP contribution in [0.15, 0.2) is 0 Å². The molecule has 0 bridgehead atoms. The number of nitrogens with one attached hydrogen (secondary N) is 1. The van der Waals surface area contributed by atoms with Gasteiger partial charge in [-0.25, -0.2) is 0 Å². The third-order valence-electron chi connectivity index (χ3n) is 5.11. The first-order valence-corrected chi connectivity index (χ1v) is 7.54. The smallest absolute Gasteiger partial charge is 0.0267 e. The molecular weight excluding hydrogens is 210 g/mol. The van der Waals surface area contributed by atoms with Crippen molar-refractivity contribution in [3.05, 3.63) is 0 Å². The lowest BCUT2D eigenvalue weighted by molar-refractivity contribution is 0.105. The molecule has 0 aromatic rings. The van der Waals surface area contributed by atoms with Crippen molar-refractivity contribution in [2.75, 3.05) is 33.2 Å². The Morgan fingerprint density at radius 2 is 1.88 bits per heavy atom. The Kier molecular flexibility index (Phi) is 3.69. The minimum absolute atomic E-state index is 0.812. The van der Waals surface area contributed by atoms with Gasteiger partial charge in [-0.05, 0) is 52.2 Å². The van der Waals surface area contributed by atoms with E-state index >= 15 is 0 Å². The summed E-state index contributed by atoms with van der Waals surface area (Å²) in [6.45, 7) is 5.26. The SMILES string of the molecule is CNCC1CCCN1C1CCN2CCCCC12. The maximum absolute atomic E-state index is 3.38. The van der Waals surface area contributed by atoms with Crippen molar-refractivity contribution in [2.24, 2.45) is 0 Å². The van der Waals surface area contributed by atoms with Gasteiger partial charge in [0, 0.05) is 31.2 Å². The molecule has 1 N–H and O–H groups in total. The Morgan fingerprint density at radius 3 is 2.76 bits per heavy atom. The van der Waals surface area contributed by atoms with Gasteiger partial charge in [0.1, 0.15) is 0 Å². The van der Waals surface area contributed by atoms with E-state index in [1.54, 1.807) is 0 Å². The molecule has 0 aromatic heterocycles. The van der Waals surface area contributed by atoms with Crippen LogP contribution in [-0.4, -0.2) is 61.2 Å². The van der Waals surface area contributed by atoms with E-state index in [1.807, 2.05) is 0 Å². The molecule has 3 unspecified atom stereocenters. The maximum Gasteiger partial charge on any atom is 0.0267 e. The number of hydrogen-bond acceptors (Lipinski definition) is 3. The summed E-state index contributed by atoms with van der Waals surface area (Å²) in [6, 6.07) is 2.57. The van der Waals surface area contributed by atoms with Crippen LogP contribution in [0.2, 0.25) is 0 Å². The van der Waals surface area contributed by atoms with Gasteiger partial charge in [0.2, 0.25) is 0 Å². The number of fused-ring (bicyclic) bond motifs is 1. The topological polar surface area (TPSA) is 18.5 Å². The zero-order valence-corrected chi connectivity index (χ0v) is 11.2. The van der Waals surface area contributed by atoms with Crippen LogP contribution >= 0.6 is 0 Å². The van der Waals surface area contributed by atoms with Crippen molar-refractivity contribution in [3.8, 4) is 0 Å². The third-order valence-corrected chi connectivity index (χ3v) is 5.11. The van der Waals surface area contributed by atoms with Gasteiger partial charge in [-0.3, -0.25) is 9.80 Å². The lowest BCUT2D eigenvalue weighted by atomic mass is 9.97. The van der Waals surface area contributed by atoms with Crippen molar-refractivity contribution in [1.29, 1.82) is 0 Å². The second-order valence-corrected chi connectivity index (χ2v) is 6.05. The first-order valence-electron chi connectivity index (χ1n) is 7.54. The summed E-state index contributed by atoms with van der Waals surface area (Å²) in [5, 5.41) is 3.38. The van der Waals surface area contributed by atoms with Crippen LogP contribution in [0.3, 0.4) is 0 Å². The summed E-state index contributed by atoms with van der Waals surface area (Å²) in [7, 11) is 2.10. The zero-order chi connectivity index (χ0) is 11.7. The molecule has 98 valence electrons. The molecule has 0 radical (unpaired) electrons. The molecule has 17 heavy (non-hydrogen) atoms. The molecule has 3 nitrogen and oxygen atoms in total. The monoisotopic (exact) mass is 237 g/mol. The molecule has 3 saturated heterocycles. The lowest BCUT2D eigenvalue weighted by Crippen LogP contribution is -2.50. The minimum atomic E-state index is 0.812. The summed E-state index contributed by atoms with van der Waals surface area (Å²) in [6.07, 6.45) is 8.59. The molecule has 3 fully saturated rings. The van der Waals surface area contributed by atoms with Crippen LogP contribution in [-0.2, 0) is 0 Å². The average molecular weight is 237 g/mol. The van der Waals surface area contributed by atoms with E-state index in [1.165, 1.54) is 64.7 Å². The first-order chi connectivity index (χ1) is 8.40. The molecule has 0 amide bonds. The number of likely N-dealkylation sites (N-methyl/N-ethyl adjacent to an activating group) is 1. The molecule has 3 heterocycles. The molecule has 0 saturated carbocycles. The molecule has 0 spiro atoms. The van der Waals surface area contributed by atoms with Gasteiger partial charge in [-0.15, -0.1) is 0 Å². The number of piperidine rings is 1. The Hall–Kier alpha value is -0.120. The second kappa shape index (κ2) is 5.25. The largest absolute Gasteiger partial charge is 0.318 e. The highest BCUT2D eigenvalue weighted by Gasteiger charge is 2.41. The van der Waals surface area contributed by atoms with Crippen molar-refractivity contribution < 1.29 is 0 Å². The molecule has 0 aliphatic carbocycles. The third kappa shape index (κ3) is 2.25. The fourth-order valence-corrected chi connectivity index (χ4v) is 4.36. The number of nitrogens with zero attached hydrogens (tertiary/aromatic N) is 2. The van der Waals surface area contributed by atoms with E-state index in [9.17, 15) is 0 Å². The van der Waals surface area contributed by atoms with Gasteiger partial charge in [0.25, 0.3) is 0 Å². The molecule has 0 aromatic carbocycles.